The van der Waals surface area contributed by atoms with E-state index in [-0.39, 0.29) is 31.1 Å². The van der Waals surface area contributed by atoms with Crippen molar-refractivity contribution in [3.8, 4) is 0 Å². The van der Waals surface area contributed by atoms with E-state index in [1.807, 2.05) is 0 Å². The number of rotatable bonds is 50. The summed E-state index contributed by atoms with van der Waals surface area (Å²) < 4.78 is 16.8. The fraction of sp³-hybridized carbons (Fsp3) is 0.615. The molecule has 6 nitrogen and oxygen atoms in total. The van der Waals surface area contributed by atoms with E-state index in [1.54, 1.807) is 0 Å². The van der Waals surface area contributed by atoms with Crippen molar-refractivity contribution >= 4 is 17.9 Å². The van der Waals surface area contributed by atoms with Crippen molar-refractivity contribution in [3.63, 3.8) is 0 Å². The van der Waals surface area contributed by atoms with Crippen LogP contribution in [0.5, 0.6) is 0 Å². The highest BCUT2D eigenvalue weighted by molar-refractivity contribution is 5.71. The van der Waals surface area contributed by atoms with E-state index in [1.165, 1.54) is 12.8 Å². The molecule has 1 atom stereocenters. The molecule has 0 radical (unpaired) electrons. The molecule has 0 amide bonds. The highest BCUT2D eigenvalue weighted by Crippen LogP contribution is 2.13. The summed E-state index contributed by atoms with van der Waals surface area (Å²) in [4.78, 5) is 38.1. The average molecular weight is 982 g/mol. The van der Waals surface area contributed by atoms with Gasteiger partial charge in [-0.2, -0.15) is 0 Å². The standard InChI is InChI=1S/C65H104O6/c1-4-7-10-13-16-19-22-25-26-27-28-29-30-31-32-33-34-35-36-37-38-41-43-46-49-52-55-58-64(67)70-61-62(71-65(68)59-56-53-50-47-44-40-24-21-18-15-12-9-6-3)60-69-63(66)57-54-51-48-45-42-39-23-20-17-14-11-8-5-2/h7,10-12,14-16,19-21,23-26,28-29,31-32,34-35,37-38,62H,4-6,8-9,13,17-18,22,27,30,33,36,39-61H2,1-3H3/b10-7-,14-11-,15-12-,19-16-,23-20-,24-21-,26-25-,29-28-,32-31-,35-34-,38-37-. The van der Waals surface area contributed by atoms with Crippen molar-refractivity contribution in [1.29, 1.82) is 0 Å². The number of unbranched alkanes of at least 4 members (excludes halogenated alkanes) is 17. The van der Waals surface area contributed by atoms with Gasteiger partial charge < -0.3 is 14.2 Å². The molecule has 0 aliphatic carbocycles. The lowest BCUT2D eigenvalue weighted by Gasteiger charge is -2.18. The zero-order valence-electron chi connectivity index (χ0n) is 45.7. The topological polar surface area (TPSA) is 78.9 Å². The third-order valence-electron chi connectivity index (χ3n) is 11.6. The van der Waals surface area contributed by atoms with Gasteiger partial charge in [0.25, 0.3) is 0 Å². The summed E-state index contributed by atoms with van der Waals surface area (Å²) in [6, 6.07) is 0. The van der Waals surface area contributed by atoms with Crippen LogP contribution in [-0.2, 0) is 28.6 Å². The lowest BCUT2D eigenvalue weighted by atomic mass is 10.1. The predicted octanol–water partition coefficient (Wildman–Crippen LogP) is 19.4. The lowest BCUT2D eigenvalue weighted by Crippen LogP contribution is -2.30. The second kappa shape index (κ2) is 58.1. The van der Waals surface area contributed by atoms with Crippen LogP contribution in [0.15, 0.2) is 134 Å². The molecular weight excluding hydrogens is 877 g/mol. The van der Waals surface area contributed by atoms with E-state index in [0.29, 0.717) is 19.3 Å². The fourth-order valence-corrected chi connectivity index (χ4v) is 7.32. The van der Waals surface area contributed by atoms with Gasteiger partial charge in [-0.1, -0.05) is 225 Å². The molecule has 0 heterocycles. The van der Waals surface area contributed by atoms with Gasteiger partial charge in [0.2, 0.25) is 0 Å². The normalized spacial score (nSPS) is 13.1. The Bertz CT molecular complexity index is 1550. The first-order valence-corrected chi connectivity index (χ1v) is 28.7. The molecule has 0 aromatic carbocycles. The van der Waals surface area contributed by atoms with Crippen LogP contribution in [0.25, 0.3) is 0 Å². The number of ether oxygens (including phenoxy) is 3. The summed E-state index contributed by atoms with van der Waals surface area (Å²) in [5, 5.41) is 0. The van der Waals surface area contributed by atoms with E-state index in [4.69, 9.17) is 14.2 Å². The van der Waals surface area contributed by atoms with E-state index >= 15 is 0 Å². The Kier molecular flexibility index (Phi) is 54.5. The molecule has 0 spiro atoms. The first kappa shape index (κ1) is 66.6. The predicted molar refractivity (Wildman–Crippen MR) is 306 cm³/mol. The quantitative estimate of drug-likeness (QED) is 0.0262. The van der Waals surface area contributed by atoms with Crippen molar-refractivity contribution < 1.29 is 28.6 Å². The third-order valence-corrected chi connectivity index (χ3v) is 11.6. The van der Waals surface area contributed by atoms with Crippen LogP contribution < -0.4 is 0 Å². The van der Waals surface area contributed by atoms with Crippen LogP contribution >= 0.6 is 0 Å². The Morgan fingerprint density at radius 3 is 0.859 bits per heavy atom. The van der Waals surface area contributed by atoms with Crippen molar-refractivity contribution in [2.45, 2.75) is 245 Å². The van der Waals surface area contributed by atoms with Gasteiger partial charge in [-0.15, -0.1) is 0 Å². The first-order valence-electron chi connectivity index (χ1n) is 28.7. The number of hydrogen-bond donors (Lipinski definition) is 0. The molecule has 0 aliphatic heterocycles. The third kappa shape index (κ3) is 56.3. The first-order chi connectivity index (χ1) is 35.0. The molecule has 0 rings (SSSR count). The van der Waals surface area contributed by atoms with Gasteiger partial charge in [0.05, 0.1) is 0 Å². The Morgan fingerprint density at radius 2 is 0.549 bits per heavy atom. The Morgan fingerprint density at radius 1 is 0.296 bits per heavy atom. The van der Waals surface area contributed by atoms with Crippen LogP contribution in [0.4, 0.5) is 0 Å². The zero-order chi connectivity index (χ0) is 51.4. The molecule has 0 fully saturated rings. The fourth-order valence-electron chi connectivity index (χ4n) is 7.32. The number of allylic oxidation sites excluding steroid dienone is 22. The van der Waals surface area contributed by atoms with Gasteiger partial charge >= 0.3 is 17.9 Å². The molecule has 0 aliphatic rings. The van der Waals surface area contributed by atoms with Crippen LogP contribution in [0.1, 0.15) is 239 Å². The zero-order valence-corrected chi connectivity index (χ0v) is 45.7. The maximum absolute atomic E-state index is 12.8. The SMILES string of the molecule is CC/C=C\C/C=C\C/C=C\C/C=C\C/C=C\C/C=C\C/C=C\CCCCCCCC(=O)OCC(COC(=O)CCCCCCC/C=C\C/C=C\CCC)OC(=O)CCCCCCC/C=C\C/C=C\CCC. The van der Waals surface area contributed by atoms with Gasteiger partial charge in [0, 0.05) is 19.3 Å². The van der Waals surface area contributed by atoms with Gasteiger partial charge in [0.15, 0.2) is 6.10 Å². The summed E-state index contributed by atoms with van der Waals surface area (Å²) in [5.41, 5.74) is 0. The Balaban J connectivity index is 4.38. The molecule has 0 N–H and O–H groups in total. The summed E-state index contributed by atoms with van der Waals surface area (Å²) >= 11 is 0. The van der Waals surface area contributed by atoms with Crippen LogP contribution in [0.2, 0.25) is 0 Å². The van der Waals surface area contributed by atoms with Crippen molar-refractivity contribution in [1.82, 2.24) is 0 Å². The highest BCUT2D eigenvalue weighted by atomic mass is 16.6. The summed E-state index contributed by atoms with van der Waals surface area (Å²) in [6.07, 6.45) is 81.6. The van der Waals surface area contributed by atoms with Gasteiger partial charge in [0.1, 0.15) is 13.2 Å². The second-order valence-corrected chi connectivity index (χ2v) is 18.5. The minimum Gasteiger partial charge on any atom is -0.462 e. The highest BCUT2D eigenvalue weighted by Gasteiger charge is 2.19. The number of esters is 3. The lowest BCUT2D eigenvalue weighted by molar-refractivity contribution is -0.167. The molecule has 0 aromatic heterocycles. The summed E-state index contributed by atoms with van der Waals surface area (Å²) in [6.45, 7) is 6.34. The number of carbonyl (C=O) groups is 3. The van der Waals surface area contributed by atoms with Gasteiger partial charge in [-0.05, 0) is 128 Å². The molecule has 0 saturated carbocycles. The molecule has 1 unspecified atom stereocenters. The van der Waals surface area contributed by atoms with E-state index in [2.05, 4.69) is 154 Å². The van der Waals surface area contributed by atoms with Crippen molar-refractivity contribution in [3.05, 3.63) is 134 Å². The van der Waals surface area contributed by atoms with Crippen LogP contribution in [0.3, 0.4) is 0 Å². The van der Waals surface area contributed by atoms with E-state index in [9.17, 15) is 14.4 Å². The Labute approximate surface area is 436 Å². The van der Waals surface area contributed by atoms with Crippen LogP contribution in [-0.4, -0.2) is 37.2 Å². The number of hydrogen-bond acceptors (Lipinski definition) is 6. The molecule has 6 heteroatoms. The van der Waals surface area contributed by atoms with E-state index in [0.717, 1.165) is 186 Å². The minimum atomic E-state index is -0.804. The molecule has 71 heavy (non-hydrogen) atoms. The second-order valence-electron chi connectivity index (χ2n) is 18.5. The Hall–Kier alpha value is -4.45. The molecule has 400 valence electrons. The summed E-state index contributed by atoms with van der Waals surface area (Å²) in [5.74, 6) is -0.955. The van der Waals surface area contributed by atoms with Crippen LogP contribution in [0, 0.1) is 0 Å². The monoisotopic (exact) mass is 981 g/mol. The summed E-state index contributed by atoms with van der Waals surface area (Å²) in [7, 11) is 0. The molecule has 0 aromatic rings. The molecular formula is C65H104O6. The maximum Gasteiger partial charge on any atom is 0.306 e. The van der Waals surface area contributed by atoms with Gasteiger partial charge in [-0.25, -0.2) is 0 Å². The van der Waals surface area contributed by atoms with Gasteiger partial charge in [-0.3, -0.25) is 14.4 Å². The molecule has 0 saturated heterocycles. The maximum atomic E-state index is 12.8. The van der Waals surface area contributed by atoms with Crippen molar-refractivity contribution in [2.75, 3.05) is 13.2 Å². The smallest absolute Gasteiger partial charge is 0.306 e. The average Bonchev–Trinajstić information content (AvgIpc) is 3.37. The van der Waals surface area contributed by atoms with Crippen molar-refractivity contribution in [2.24, 2.45) is 0 Å². The number of carbonyl (C=O) groups excluding carboxylic acids is 3. The van der Waals surface area contributed by atoms with E-state index < -0.39 is 6.10 Å². The minimum absolute atomic E-state index is 0.102. The largest absolute Gasteiger partial charge is 0.462 e. The molecule has 0 bridgehead atoms.